The van der Waals surface area contributed by atoms with Crippen LogP contribution in [0.25, 0.3) is 0 Å². The minimum Gasteiger partial charge on any atom is -0.249 e. The Morgan fingerprint density at radius 2 is 1.89 bits per heavy atom. The van der Waals surface area contributed by atoms with Crippen molar-refractivity contribution in [2.45, 2.75) is 38.1 Å². The minimum atomic E-state index is 0.588. The van der Waals surface area contributed by atoms with Crippen molar-refractivity contribution in [2.75, 3.05) is 0 Å². The Hall–Kier alpha value is -0.990. The van der Waals surface area contributed by atoms with Crippen LogP contribution in [0.4, 0.5) is 0 Å². The van der Waals surface area contributed by atoms with Gasteiger partial charge in [0.1, 0.15) is 5.15 Å². The van der Waals surface area contributed by atoms with E-state index in [1.165, 1.54) is 25.7 Å². The fourth-order valence-corrected chi connectivity index (χ4v) is 3.14. The van der Waals surface area contributed by atoms with Crippen LogP contribution < -0.4 is 0 Å². The molecule has 0 aliphatic heterocycles. The van der Waals surface area contributed by atoms with E-state index in [-0.39, 0.29) is 0 Å². The highest BCUT2D eigenvalue weighted by molar-refractivity contribution is 6.31. The van der Waals surface area contributed by atoms with Gasteiger partial charge in [-0.15, -0.1) is 0 Å². The third-order valence-electron chi connectivity index (χ3n) is 3.80. The zero-order valence-electron chi connectivity index (χ0n) is 10.6. The Morgan fingerprint density at radius 1 is 1.16 bits per heavy atom. The van der Waals surface area contributed by atoms with E-state index < -0.39 is 0 Å². The Bertz CT molecular complexity index is 571. The number of aromatic nitrogens is 2. The molecule has 100 valence electrons. The van der Waals surface area contributed by atoms with Gasteiger partial charge in [-0.2, -0.15) is 5.10 Å². The molecule has 0 bridgehead atoms. The second kappa shape index (κ2) is 5.56. The maximum absolute atomic E-state index is 6.28. The highest BCUT2D eigenvalue weighted by Gasteiger charge is 2.21. The topological polar surface area (TPSA) is 17.8 Å². The number of rotatable bonds is 3. The van der Waals surface area contributed by atoms with Crippen molar-refractivity contribution < 1.29 is 0 Å². The normalized spacial score (nSPS) is 16.1. The first-order valence-electron chi connectivity index (χ1n) is 6.70. The van der Waals surface area contributed by atoms with Crippen molar-refractivity contribution in [2.24, 2.45) is 0 Å². The molecular weight excluding hydrogens is 279 g/mol. The molecule has 4 heteroatoms. The summed E-state index contributed by atoms with van der Waals surface area (Å²) in [6.45, 7) is 0.630. The summed E-state index contributed by atoms with van der Waals surface area (Å²) in [6, 6.07) is 9.83. The molecule has 0 spiro atoms. The highest BCUT2D eigenvalue weighted by atomic mass is 35.5. The fourth-order valence-electron chi connectivity index (χ4n) is 2.73. The van der Waals surface area contributed by atoms with E-state index in [0.717, 1.165) is 16.3 Å². The van der Waals surface area contributed by atoms with Gasteiger partial charge >= 0.3 is 0 Å². The predicted molar refractivity (Wildman–Crippen MR) is 79.0 cm³/mol. The van der Waals surface area contributed by atoms with Crippen molar-refractivity contribution >= 4 is 23.2 Å². The fraction of sp³-hybridized carbons (Fsp3) is 0.400. The maximum Gasteiger partial charge on any atom is 0.127 e. The van der Waals surface area contributed by atoms with Crippen LogP contribution in [-0.4, -0.2) is 9.78 Å². The standard InChI is InChI=1S/C15H16Cl2N2/c16-13-8-4-3-7-12(13)10-19-15(17)9-14(18-19)11-5-1-2-6-11/h3-4,7-9,11H,1-2,5-6,10H2. The summed E-state index contributed by atoms with van der Waals surface area (Å²) in [5.74, 6) is 0.588. The molecule has 0 atom stereocenters. The summed E-state index contributed by atoms with van der Waals surface area (Å²) in [6.07, 6.45) is 5.08. The summed E-state index contributed by atoms with van der Waals surface area (Å²) in [5.41, 5.74) is 2.18. The molecule has 19 heavy (non-hydrogen) atoms. The number of halogens is 2. The van der Waals surface area contributed by atoms with Crippen LogP contribution >= 0.6 is 23.2 Å². The van der Waals surface area contributed by atoms with E-state index in [9.17, 15) is 0 Å². The van der Waals surface area contributed by atoms with Crippen LogP contribution in [0.15, 0.2) is 30.3 Å². The lowest BCUT2D eigenvalue weighted by molar-refractivity contribution is 0.629. The summed E-state index contributed by atoms with van der Waals surface area (Å²) in [5, 5.41) is 6.11. The second-order valence-electron chi connectivity index (χ2n) is 5.12. The molecule has 2 aromatic rings. The lowest BCUT2D eigenvalue weighted by Gasteiger charge is -2.06. The van der Waals surface area contributed by atoms with E-state index in [1.54, 1.807) is 0 Å². The molecule has 3 rings (SSSR count). The highest BCUT2D eigenvalue weighted by Crippen LogP contribution is 2.34. The van der Waals surface area contributed by atoms with Gasteiger partial charge in [0.15, 0.2) is 0 Å². The lowest BCUT2D eigenvalue weighted by Crippen LogP contribution is -2.04. The number of benzene rings is 1. The monoisotopic (exact) mass is 294 g/mol. The van der Waals surface area contributed by atoms with E-state index in [4.69, 9.17) is 23.2 Å². The third kappa shape index (κ3) is 2.80. The summed E-state index contributed by atoms with van der Waals surface area (Å²) < 4.78 is 1.84. The summed E-state index contributed by atoms with van der Waals surface area (Å²) >= 11 is 12.5. The van der Waals surface area contributed by atoms with E-state index in [2.05, 4.69) is 5.10 Å². The third-order valence-corrected chi connectivity index (χ3v) is 4.47. The Labute approximate surface area is 123 Å². The molecule has 0 unspecified atom stereocenters. The number of hydrogen-bond acceptors (Lipinski definition) is 1. The van der Waals surface area contributed by atoms with Gasteiger partial charge in [0.2, 0.25) is 0 Å². The molecular formula is C15H16Cl2N2. The molecule has 1 aromatic carbocycles. The molecule has 1 saturated carbocycles. The molecule has 0 radical (unpaired) electrons. The van der Waals surface area contributed by atoms with Gasteiger partial charge in [0.25, 0.3) is 0 Å². The molecule has 1 heterocycles. The van der Waals surface area contributed by atoms with Crippen molar-refractivity contribution in [1.82, 2.24) is 9.78 Å². The van der Waals surface area contributed by atoms with Crippen molar-refractivity contribution in [1.29, 1.82) is 0 Å². The summed E-state index contributed by atoms with van der Waals surface area (Å²) in [4.78, 5) is 0. The Morgan fingerprint density at radius 3 is 2.63 bits per heavy atom. The van der Waals surface area contributed by atoms with Crippen LogP contribution in [0.2, 0.25) is 10.2 Å². The molecule has 0 saturated heterocycles. The van der Waals surface area contributed by atoms with Crippen LogP contribution in [0.3, 0.4) is 0 Å². The molecule has 2 nitrogen and oxygen atoms in total. The average Bonchev–Trinajstić information content (AvgIpc) is 3.02. The lowest BCUT2D eigenvalue weighted by atomic mass is 10.1. The van der Waals surface area contributed by atoms with E-state index in [1.807, 2.05) is 35.0 Å². The molecule has 1 fully saturated rings. The van der Waals surface area contributed by atoms with Gasteiger partial charge in [0, 0.05) is 10.9 Å². The zero-order chi connectivity index (χ0) is 13.2. The molecule has 1 aliphatic carbocycles. The number of hydrogen-bond donors (Lipinski definition) is 0. The first-order chi connectivity index (χ1) is 9.24. The van der Waals surface area contributed by atoms with Gasteiger partial charge in [0.05, 0.1) is 12.2 Å². The average molecular weight is 295 g/mol. The Balaban J connectivity index is 1.83. The maximum atomic E-state index is 6.28. The van der Waals surface area contributed by atoms with Gasteiger partial charge in [-0.25, -0.2) is 4.68 Å². The van der Waals surface area contributed by atoms with Crippen molar-refractivity contribution in [3.05, 3.63) is 51.8 Å². The molecule has 1 aromatic heterocycles. The Kier molecular flexibility index (Phi) is 3.81. The van der Waals surface area contributed by atoms with Crippen molar-refractivity contribution in [3.63, 3.8) is 0 Å². The van der Waals surface area contributed by atoms with Crippen LogP contribution in [-0.2, 0) is 6.54 Å². The largest absolute Gasteiger partial charge is 0.249 e. The van der Waals surface area contributed by atoms with E-state index in [0.29, 0.717) is 17.6 Å². The van der Waals surface area contributed by atoms with Crippen molar-refractivity contribution in [3.8, 4) is 0 Å². The van der Waals surface area contributed by atoms with Crippen LogP contribution in [0, 0.1) is 0 Å². The van der Waals surface area contributed by atoms with Gasteiger partial charge < -0.3 is 0 Å². The number of nitrogens with zero attached hydrogens (tertiary/aromatic N) is 2. The van der Waals surface area contributed by atoms with Crippen LogP contribution in [0.1, 0.15) is 42.9 Å². The quantitative estimate of drug-likeness (QED) is 0.787. The molecule has 0 amide bonds. The first-order valence-corrected chi connectivity index (χ1v) is 7.46. The SMILES string of the molecule is Clc1ccccc1Cn1nc(C2CCCC2)cc1Cl. The van der Waals surface area contributed by atoms with Gasteiger partial charge in [-0.3, -0.25) is 0 Å². The molecule has 1 aliphatic rings. The first kappa shape index (κ1) is 13.0. The predicted octanol–water partition coefficient (Wildman–Crippen LogP) is 4.90. The smallest absolute Gasteiger partial charge is 0.127 e. The van der Waals surface area contributed by atoms with E-state index >= 15 is 0 Å². The molecule has 0 N–H and O–H groups in total. The second-order valence-corrected chi connectivity index (χ2v) is 5.92. The zero-order valence-corrected chi connectivity index (χ0v) is 12.2. The van der Waals surface area contributed by atoms with Gasteiger partial charge in [-0.05, 0) is 30.5 Å². The minimum absolute atomic E-state index is 0.588. The van der Waals surface area contributed by atoms with Crippen LogP contribution in [0.5, 0.6) is 0 Å². The summed E-state index contributed by atoms with van der Waals surface area (Å²) in [7, 11) is 0. The van der Waals surface area contributed by atoms with Gasteiger partial charge in [-0.1, -0.05) is 54.2 Å².